The Morgan fingerprint density at radius 3 is 1.64 bits per heavy atom. The maximum absolute atomic E-state index is 12.3. The van der Waals surface area contributed by atoms with Gasteiger partial charge in [0.15, 0.2) is 0 Å². The number of aromatic nitrogens is 4. The van der Waals surface area contributed by atoms with E-state index in [4.69, 9.17) is 4.74 Å². The molecular formula is C32H26F6N4O2. The summed E-state index contributed by atoms with van der Waals surface area (Å²) >= 11 is 0. The predicted octanol–water partition coefficient (Wildman–Crippen LogP) is 9.37. The van der Waals surface area contributed by atoms with Crippen LogP contribution in [0.25, 0.3) is 33.9 Å². The minimum absolute atomic E-state index is 0.220. The average Bonchev–Trinajstić information content (AvgIpc) is 3.82. The number of imidazole rings is 1. The summed E-state index contributed by atoms with van der Waals surface area (Å²) in [5, 5.41) is 0. The second-order valence-corrected chi connectivity index (χ2v) is 8.98. The number of benzene rings is 3. The van der Waals surface area contributed by atoms with Gasteiger partial charge < -0.3 is 24.4 Å². The van der Waals surface area contributed by atoms with Crippen molar-refractivity contribution in [2.75, 3.05) is 7.11 Å². The predicted molar refractivity (Wildman–Crippen MR) is 155 cm³/mol. The molecule has 0 amide bonds. The van der Waals surface area contributed by atoms with Crippen LogP contribution in [0.3, 0.4) is 0 Å². The number of hydrogen-bond acceptors (Lipinski definition) is 3. The number of rotatable bonds is 5. The molecular weight excluding hydrogens is 586 g/mol. The van der Waals surface area contributed by atoms with Crippen molar-refractivity contribution >= 4 is 0 Å². The maximum Gasteiger partial charge on any atom is 0.573 e. The van der Waals surface area contributed by atoms with Crippen LogP contribution < -0.4 is 9.47 Å². The second-order valence-electron chi connectivity index (χ2n) is 8.98. The number of nitrogens with zero attached hydrogens (tertiary/aromatic N) is 1. The molecule has 3 aromatic heterocycles. The summed E-state index contributed by atoms with van der Waals surface area (Å²) < 4.78 is 81.3. The molecule has 228 valence electrons. The number of ether oxygens (including phenoxy) is 2. The Balaban J connectivity index is 0.000000151. The minimum Gasteiger partial charge on any atom is -0.497 e. The molecule has 0 radical (unpaired) electrons. The maximum atomic E-state index is 12.3. The third-order valence-electron chi connectivity index (χ3n) is 5.96. The van der Waals surface area contributed by atoms with Gasteiger partial charge in [-0.1, -0.05) is 24.3 Å². The summed E-state index contributed by atoms with van der Waals surface area (Å²) in [7, 11) is 1.65. The first-order valence-corrected chi connectivity index (χ1v) is 13.0. The van der Waals surface area contributed by atoms with E-state index in [0.29, 0.717) is 0 Å². The van der Waals surface area contributed by atoms with E-state index < -0.39 is 18.1 Å². The summed E-state index contributed by atoms with van der Waals surface area (Å²) in [4.78, 5) is 13.1. The van der Waals surface area contributed by atoms with Gasteiger partial charge >= 0.3 is 12.5 Å². The summed E-state index contributed by atoms with van der Waals surface area (Å²) in [5.74, 6) is 1.48. The quantitative estimate of drug-likeness (QED) is 0.170. The van der Waals surface area contributed by atoms with Gasteiger partial charge in [-0.25, -0.2) is 4.98 Å². The number of aromatic amines is 3. The summed E-state index contributed by atoms with van der Waals surface area (Å²) in [6, 6.07) is 25.8. The normalized spacial score (nSPS) is 11.1. The van der Waals surface area contributed by atoms with Crippen LogP contribution in [-0.4, -0.2) is 33.4 Å². The molecule has 44 heavy (non-hydrogen) atoms. The topological polar surface area (TPSA) is 78.7 Å². The molecule has 0 aliphatic rings. The molecule has 3 heterocycles. The van der Waals surface area contributed by atoms with Crippen molar-refractivity contribution < 1.29 is 35.8 Å². The van der Waals surface area contributed by atoms with Crippen molar-refractivity contribution in [3.8, 4) is 45.4 Å². The first-order valence-electron chi connectivity index (χ1n) is 13.0. The number of hydrogen-bond donors (Lipinski definition) is 3. The Kier molecular flexibility index (Phi) is 10.2. The van der Waals surface area contributed by atoms with Gasteiger partial charge in [0.2, 0.25) is 0 Å². The molecule has 12 heteroatoms. The summed E-state index contributed by atoms with van der Waals surface area (Å²) in [6.07, 6.45) is -1.91. The third-order valence-corrected chi connectivity index (χ3v) is 5.96. The molecule has 0 atom stereocenters. The number of H-pyrrole nitrogens is 3. The smallest absolute Gasteiger partial charge is 0.497 e. The molecule has 0 fully saturated rings. The number of halogens is 6. The minimum atomic E-state index is -4.64. The Labute approximate surface area is 248 Å². The van der Waals surface area contributed by atoms with Crippen molar-refractivity contribution in [1.82, 2.24) is 19.9 Å². The molecule has 6 aromatic rings. The van der Waals surface area contributed by atoms with Crippen molar-refractivity contribution in [1.29, 1.82) is 0 Å². The van der Waals surface area contributed by atoms with E-state index in [-0.39, 0.29) is 5.75 Å². The van der Waals surface area contributed by atoms with E-state index in [1.54, 1.807) is 50.1 Å². The lowest BCUT2D eigenvalue weighted by atomic mass is 10.1. The van der Waals surface area contributed by atoms with Crippen LogP contribution in [0, 0.1) is 0 Å². The van der Waals surface area contributed by atoms with Gasteiger partial charge in [-0.15, -0.1) is 13.2 Å². The Hall–Kier alpha value is -5.39. The Morgan fingerprint density at radius 1 is 0.591 bits per heavy atom. The van der Waals surface area contributed by atoms with Crippen LogP contribution in [0.1, 0.15) is 5.56 Å². The highest BCUT2D eigenvalue weighted by molar-refractivity contribution is 5.61. The molecule has 3 N–H and O–H groups in total. The fourth-order valence-electron chi connectivity index (χ4n) is 3.89. The van der Waals surface area contributed by atoms with Crippen molar-refractivity contribution in [2.24, 2.45) is 0 Å². The molecule has 0 aliphatic carbocycles. The zero-order chi connectivity index (χ0) is 31.6. The molecule has 0 aliphatic heterocycles. The highest BCUT2D eigenvalue weighted by atomic mass is 19.4. The zero-order valence-corrected chi connectivity index (χ0v) is 23.1. The first-order chi connectivity index (χ1) is 21.0. The Morgan fingerprint density at radius 2 is 1.18 bits per heavy atom. The molecule has 0 saturated heterocycles. The van der Waals surface area contributed by atoms with Gasteiger partial charge in [0.25, 0.3) is 0 Å². The molecule has 0 bridgehead atoms. The van der Waals surface area contributed by atoms with Crippen LogP contribution in [0.5, 0.6) is 11.5 Å². The average molecular weight is 613 g/mol. The van der Waals surface area contributed by atoms with E-state index in [9.17, 15) is 26.3 Å². The van der Waals surface area contributed by atoms with Crippen LogP contribution >= 0.6 is 0 Å². The zero-order valence-electron chi connectivity index (χ0n) is 23.1. The standard InChI is InChI=1S/C11H8F3NO.C11H8F3N.C10H10N2O/c12-11(13,14)16-9-5-3-8(4-6-9)10-2-1-7-15-10;12-11(13,14)9-5-3-8(4-6-9)10-2-1-7-15-10;1-13-9-4-2-3-8(7-9)10-11-5-6-12-10/h1-7,15H;1-7,15H;2-7H,1H3,(H,11,12). The van der Waals surface area contributed by atoms with Gasteiger partial charge in [0.1, 0.15) is 17.3 Å². The monoisotopic (exact) mass is 612 g/mol. The van der Waals surface area contributed by atoms with Crippen LogP contribution in [0.15, 0.2) is 122 Å². The molecule has 0 saturated carbocycles. The van der Waals surface area contributed by atoms with Gasteiger partial charge in [0, 0.05) is 41.7 Å². The summed E-state index contributed by atoms with van der Waals surface area (Å²) in [6.45, 7) is 0. The highest BCUT2D eigenvalue weighted by Crippen LogP contribution is 2.30. The largest absolute Gasteiger partial charge is 0.573 e. The SMILES string of the molecule is COc1cccc(-c2ncc[nH]2)c1.FC(F)(F)Oc1ccc(-c2ccc[nH]2)cc1.FC(F)(F)c1ccc(-c2ccc[nH]2)cc1. The molecule has 0 unspecified atom stereocenters. The van der Waals surface area contributed by atoms with Crippen LogP contribution in [-0.2, 0) is 6.18 Å². The van der Waals surface area contributed by atoms with Crippen molar-refractivity contribution in [3.05, 3.63) is 127 Å². The van der Waals surface area contributed by atoms with Gasteiger partial charge in [0.05, 0.1) is 12.7 Å². The third kappa shape index (κ3) is 9.31. The number of methoxy groups -OCH3 is 1. The van der Waals surface area contributed by atoms with E-state index in [1.807, 2.05) is 42.5 Å². The molecule has 6 nitrogen and oxygen atoms in total. The molecule has 0 spiro atoms. The summed E-state index contributed by atoms with van der Waals surface area (Å²) in [5.41, 5.74) is 3.61. The van der Waals surface area contributed by atoms with E-state index in [0.717, 1.165) is 51.8 Å². The lowest BCUT2D eigenvalue weighted by molar-refractivity contribution is -0.274. The number of nitrogens with one attached hydrogen (secondary N) is 3. The van der Waals surface area contributed by atoms with Gasteiger partial charge in [-0.2, -0.15) is 13.2 Å². The molecule has 3 aromatic carbocycles. The lowest BCUT2D eigenvalue weighted by Crippen LogP contribution is -2.16. The van der Waals surface area contributed by atoms with Crippen LogP contribution in [0.2, 0.25) is 0 Å². The lowest BCUT2D eigenvalue weighted by Gasteiger charge is -2.08. The van der Waals surface area contributed by atoms with Gasteiger partial charge in [-0.05, 0) is 83.9 Å². The van der Waals surface area contributed by atoms with E-state index >= 15 is 0 Å². The Bertz CT molecular complexity index is 1660. The van der Waals surface area contributed by atoms with Gasteiger partial charge in [-0.3, -0.25) is 0 Å². The highest BCUT2D eigenvalue weighted by Gasteiger charge is 2.31. The van der Waals surface area contributed by atoms with Crippen molar-refractivity contribution in [3.63, 3.8) is 0 Å². The van der Waals surface area contributed by atoms with Crippen LogP contribution in [0.4, 0.5) is 26.3 Å². The number of alkyl halides is 6. The van der Waals surface area contributed by atoms with E-state index in [2.05, 4.69) is 24.7 Å². The first kappa shape index (κ1) is 31.5. The van der Waals surface area contributed by atoms with Crippen molar-refractivity contribution in [2.45, 2.75) is 12.5 Å². The fraction of sp³-hybridized carbons (Fsp3) is 0.0938. The fourth-order valence-corrected chi connectivity index (χ4v) is 3.89. The molecule has 6 rings (SSSR count). The van der Waals surface area contributed by atoms with E-state index in [1.165, 1.54) is 24.3 Å². The second kappa shape index (κ2) is 14.2.